The SMILES string of the molecule is CCNC(=NCc1ccnc(N2CCOC(C)C2)c1)N(C)Cc1ccc(C)cc1. The highest BCUT2D eigenvalue weighted by atomic mass is 16.5. The van der Waals surface area contributed by atoms with E-state index < -0.39 is 0 Å². The highest BCUT2D eigenvalue weighted by Crippen LogP contribution is 2.17. The summed E-state index contributed by atoms with van der Waals surface area (Å²) >= 11 is 0. The van der Waals surface area contributed by atoms with Crippen molar-refractivity contribution in [3.05, 3.63) is 59.3 Å². The maximum absolute atomic E-state index is 5.64. The standard InChI is InChI=1S/C23H33N5O/c1-5-24-23(27(4)17-20-8-6-18(2)7-9-20)26-15-21-10-11-25-22(14-21)28-12-13-29-19(3)16-28/h6-11,14,19H,5,12-13,15-17H2,1-4H3,(H,24,26). The topological polar surface area (TPSA) is 53.0 Å². The smallest absolute Gasteiger partial charge is 0.194 e. The molecule has 0 amide bonds. The molecule has 1 unspecified atom stereocenters. The number of pyridine rings is 1. The minimum atomic E-state index is 0.239. The number of rotatable bonds is 6. The third kappa shape index (κ3) is 6.19. The van der Waals surface area contributed by atoms with Gasteiger partial charge in [-0.2, -0.15) is 0 Å². The summed E-state index contributed by atoms with van der Waals surface area (Å²) in [6.45, 7) is 11.1. The Morgan fingerprint density at radius 2 is 2.07 bits per heavy atom. The van der Waals surface area contributed by atoms with E-state index in [9.17, 15) is 0 Å². The molecule has 1 atom stereocenters. The Hall–Kier alpha value is -2.60. The Balaban J connectivity index is 1.67. The molecule has 29 heavy (non-hydrogen) atoms. The van der Waals surface area contributed by atoms with E-state index in [0.717, 1.165) is 50.1 Å². The molecule has 1 aromatic heterocycles. The molecule has 1 N–H and O–H groups in total. The van der Waals surface area contributed by atoms with Crippen LogP contribution in [0, 0.1) is 6.92 Å². The van der Waals surface area contributed by atoms with Crippen LogP contribution in [0.3, 0.4) is 0 Å². The van der Waals surface area contributed by atoms with Gasteiger partial charge < -0.3 is 19.9 Å². The second-order valence-corrected chi connectivity index (χ2v) is 7.66. The molecule has 2 heterocycles. The van der Waals surface area contributed by atoms with Crippen LogP contribution in [0.25, 0.3) is 0 Å². The number of benzene rings is 1. The molecular weight excluding hydrogens is 362 g/mol. The number of hydrogen-bond acceptors (Lipinski definition) is 4. The Morgan fingerprint density at radius 3 is 2.79 bits per heavy atom. The lowest BCUT2D eigenvalue weighted by atomic mass is 10.1. The summed E-state index contributed by atoms with van der Waals surface area (Å²) in [5.41, 5.74) is 3.71. The maximum atomic E-state index is 5.64. The van der Waals surface area contributed by atoms with Gasteiger partial charge in [0, 0.05) is 39.4 Å². The number of hydrogen-bond donors (Lipinski definition) is 1. The zero-order chi connectivity index (χ0) is 20.6. The molecule has 0 aliphatic carbocycles. The predicted molar refractivity (Wildman–Crippen MR) is 119 cm³/mol. The highest BCUT2D eigenvalue weighted by Gasteiger charge is 2.18. The van der Waals surface area contributed by atoms with Crippen molar-refractivity contribution in [2.45, 2.75) is 40.0 Å². The number of anilines is 1. The van der Waals surface area contributed by atoms with E-state index in [2.05, 4.69) is 78.3 Å². The molecule has 1 fully saturated rings. The van der Waals surface area contributed by atoms with Gasteiger partial charge in [-0.1, -0.05) is 29.8 Å². The first kappa shape index (κ1) is 21.1. The van der Waals surface area contributed by atoms with Crippen molar-refractivity contribution >= 4 is 11.8 Å². The van der Waals surface area contributed by atoms with E-state index in [4.69, 9.17) is 9.73 Å². The van der Waals surface area contributed by atoms with Gasteiger partial charge in [0.05, 0.1) is 19.3 Å². The molecule has 3 rings (SSSR count). The first-order valence-corrected chi connectivity index (χ1v) is 10.4. The summed E-state index contributed by atoms with van der Waals surface area (Å²) < 4.78 is 5.64. The van der Waals surface area contributed by atoms with Crippen molar-refractivity contribution in [3.8, 4) is 0 Å². The Kier molecular flexibility index (Phi) is 7.47. The highest BCUT2D eigenvalue weighted by molar-refractivity contribution is 5.79. The molecule has 0 radical (unpaired) electrons. The maximum Gasteiger partial charge on any atom is 0.194 e. The first-order valence-electron chi connectivity index (χ1n) is 10.4. The molecule has 156 valence electrons. The van der Waals surface area contributed by atoms with Gasteiger partial charge in [0.25, 0.3) is 0 Å². The zero-order valence-corrected chi connectivity index (χ0v) is 18.1. The quantitative estimate of drug-likeness (QED) is 0.601. The minimum absolute atomic E-state index is 0.239. The summed E-state index contributed by atoms with van der Waals surface area (Å²) in [6.07, 6.45) is 2.12. The summed E-state index contributed by atoms with van der Waals surface area (Å²) in [5, 5.41) is 3.40. The third-order valence-electron chi connectivity index (χ3n) is 5.02. The van der Waals surface area contributed by atoms with Gasteiger partial charge in [0.2, 0.25) is 0 Å². The molecule has 6 nitrogen and oxygen atoms in total. The van der Waals surface area contributed by atoms with Crippen LogP contribution in [0.4, 0.5) is 5.82 Å². The van der Waals surface area contributed by atoms with Gasteiger partial charge in [-0.25, -0.2) is 9.98 Å². The Morgan fingerprint density at radius 1 is 1.28 bits per heavy atom. The van der Waals surface area contributed by atoms with E-state index >= 15 is 0 Å². The summed E-state index contributed by atoms with van der Waals surface area (Å²) in [6, 6.07) is 12.8. The Bertz CT molecular complexity index is 805. The molecule has 1 aromatic carbocycles. The van der Waals surface area contributed by atoms with Crippen LogP contribution in [0.5, 0.6) is 0 Å². The minimum Gasteiger partial charge on any atom is -0.375 e. The lowest BCUT2D eigenvalue weighted by molar-refractivity contribution is 0.0529. The van der Waals surface area contributed by atoms with Gasteiger partial charge in [0.1, 0.15) is 5.82 Å². The summed E-state index contributed by atoms with van der Waals surface area (Å²) in [5.74, 6) is 1.91. The Labute approximate surface area is 174 Å². The van der Waals surface area contributed by atoms with E-state index in [1.807, 2.05) is 12.3 Å². The zero-order valence-electron chi connectivity index (χ0n) is 18.1. The van der Waals surface area contributed by atoms with E-state index in [1.165, 1.54) is 11.1 Å². The van der Waals surface area contributed by atoms with Crippen molar-refractivity contribution in [1.29, 1.82) is 0 Å². The van der Waals surface area contributed by atoms with Crippen molar-refractivity contribution in [2.75, 3.05) is 38.2 Å². The van der Waals surface area contributed by atoms with Crippen molar-refractivity contribution in [2.24, 2.45) is 4.99 Å². The summed E-state index contributed by atoms with van der Waals surface area (Å²) in [7, 11) is 2.08. The van der Waals surface area contributed by atoms with Crippen LogP contribution < -0.4 is 10.2 Å². The van der Waals surface area contributed by atoms with Crippen LogP contribution in [0.15, 0.2) is 47.6 Å². The van der Waals surface area contributed by atoms with Crippen LogP contribution in [0.1, 0.15) is 30.5 Å². The van der Waals surface area contributed by atoms with E-state index in [1.54, 1.807) is 0 Å². The lowest BCUT2D eigenvalue weighted by Crippen LogP contribution is -2.41. The second-order valence-electron chi connectivity index (χ2n) is 7.66. The number of morpholine rings is 1. The van der Waals surface area contributed by atoms with Gasteiger partial charge in [-0.3, -0.25) is 0 Å². The van der Waals surface area contributed by atoms with Gasteiger partial charge in [0.15, 0.2) is 5.96 Å². The lowest BCUT2D eigenvalue weighted by Gasteiger charge is -2.32. The number of aliphatic imine (C=N–C) groups is 1. The number of nitrogens with one attached hydrogen (secondary N) is 1. The molecule has 1 aliphatic heterocycles. The number of aryl methyl sites for hydroxylation is 1. The van der Waals surface area contributed by atoms with Crippen molar-refractivity contribution in [3.63, 3.8) is 0 Å². The fraction of sp³-hybridized carbons (Fsp3) is 0.478. The average molecular weight is 396 g/mol. The molecule has 6 heteroatoms. The van der Waals surface area contributed by atoms with Gasteiger partial charge in [-0.15, -0.1) is 0 Å². The van der Waals surface area contributed by atoms with Gasteiger partial charge >= 0.3 is 0 Å². The molecule has 2 aromatic rings. The first-order chi connectivity index (χ1) is 14.0. The molecule has 0 saturated carbocycles. The van der Waals surface area contributed by atoms with Crippen LogP contribution in [-0.2, 0) is 17.8 Å². The second kappa shape index (κ2) is 10.3. The molecule has 1 aliphatic rings. The number of aromatic nitrogens is 1. The van der Waals surface area contributed by atoms with E-state index in [0.29, 0.717) is 6.54 Å². The summed E-state index contributed by atoms with van der Waals surface area (Å²) in [4.78, 5) is 13.9. The van der Waals surface area contributed by atoms with Crippen molar-refractivity contribution < 1.29 is 4.74 Å². The fourth-order valence-corrected chi connectivity index (χ4v) is 3.44. The van der Waals surface area contributed by atoms with Crippen LogP contribution in [-0.4, -0.2) is 55.2 Å². The number of guanidine groups is 1. The number of ether oxygens (including phenoxy) is 1. The third-order valence-corrected chi connectivity index (χ3v) is 5.02. The predicted octanol–water partition coefficient (Wildman–Crippen LogP) is 3.21. The fourth-order valence-electron chi connectivity index (χ4n) is 3.44. The van der Waals surface area contributed by atoms with Crippen LogP contribution >= 0.6 is 0 Å². The monoisotopic (exact) mass is 395 g/mol. The van der Waals surface area contributed by atoms with E-state index in [-0.39, 0.29) is 6.10 Å². The van der Waals surface area contributed by atoms with Gasteiger partial charge in [-0.05, 0) is 44.0 Å². The molecule has 0 bridgehead atoms. The average Bonchev–Trinajstić information content (AvgIpc) is 2.73. The molecular formula is C23H33N5O. The molecule has 1 saturated heterocycles. The largest absolute Gasteiger partial charge is 0.375 e. The normalized spacial score (nSPS) is 17.3. The number of nitrogens with zero attached hydrogens (tertiary/aromatic N) is 4. The molecule has 0 spiro atoms. The van der Waals surface area contributed by atoms with Crippen LogP contribution in [0.2, 0.25) is 0 Å². The van der Waals surface area contributed by atoms with Crippen molar-refractivity contribution in [1.82, 2.24) is 15.2 Å².